The molecular weight excluding hydrogens is 344 g/mol. The van der Waals surface area contributed by atoms with E-state index in [9.17, 15) is 0 Å². The molecule has 2 rings (SSSR count). The van der Waals surface area contributed by atoms with Gasteiger partial charge in [-0.25, -0.2) is 0 Å². The molecule has 0 aliphatic carbocycles. The van der Waals surface area contributed by atoms with Gasteiger partial charge in [-0.1, -0.05) is 13.8 Å². The predicted molar refractivity (Wildman–Crippen MR) is 102 cm³/mol. The van der Waals surface area contributed by atoms with Crippen LogP contribution in [0.15, 0.2) is 24.3 Å². The summed E-state index contributed by atoms with van der Waals surface area (Å²) < 4.78 is 23.8. The van der Waals surface area contributed by atoms with Crippen LogP contribution in [-0.4, -0.2) is 47.8 Å². The second-order valence-electron chi connectivity index (χ2n) is 5.90. The maximum Gasteiger partial charge on any atom is 0.164 e. The molecule has 1 aliphatic heterocycles. The van der Waals surface area contributed by atoms with Gasteiger partial charge in [0.2, 0.25) is 0 Å². The summed E-state index contributed by atoms with van der Waals surface area (Å²) in [7, 11) is 1.66. The zero-order valence-corrected chi connectivity index (χ0v) is 16.7. The van der Waals surface area contributed by atoms with Crippen molar-refractivity contribution in [1.29, 1.82) is 0 Å². The summed E-state index contributed by atoms with van der Waals surface area (Å²) in [4.78, 5) is 0. The number of thioether (sulfide) groups is 2. The van der Waals surface area contributed by atoms with E-state index in [2.05, 4.69) is 13.8 Å². The Hall–Kier alpha value is -0.560. The first kappa shape index (κ1) is 19.8. The van der Waals surface area contributed by atoms with E-state index in [0.29, 0.717) is 11.2 Å². The van der Waals surface area contributed by atoms with E-state index in [1.807, 2.05) is 61.6 Å². The zero-order chi connectivity index (χ0) is 17.6. The smallest absolute Gasteiger partial charge is 0.164 e. The Bertz CT molecular complexity index is 486. The van der Waals surface area contributed by atoms with E-state index < -0.39 is 5.79 Å². The molecule has 0 aromatic heterocycles. The molecule has 0 saturated carbocycles. The topological polar surface area (TPSA) is 36.9 Å². The monoisotopic (exact) mass is 372 g/mol. The summed E-state index contributed by atoms with van der Waals surface area (Å²) in [6, 6.07) is 7.61. The van der Waals surface area contributed by atoms with Crippen LogP contribution in [0.2, 0.25) is 0 Å². The van der Waals surface area contributed by atoms with Crippen molar-refractivity contribution in [3.05, 3.63) is 24.3 Å². The SMILES string of the molecule is CCSC(SCC)[C@@H]1OC(C)(C)O[C@H]1COc1ccc(OC)cc1. The Kier molecular flexibility index (Phi) is 7.60. The van der Waals surface area contributed by atoms with E-state index in [-0.39, 0.29) is 12.2 Å². The fourth-order valence-corrected chi connectivity index (χ4v) is 5.34. The lowest BCUT2D eigenvalue weighted by atomic mass is 10.2. The van der Waals surface area contributed by atoms with Gasteiger partial charge in [0.15, 0.2) is 5.79 Å². The first-order valence-electron chi connectivity index (χ1n) is 8.34. The molecule has 0 amide bonds. The molecule has 0 spiro atoms. The minimum absolute atomic E-state index is 0.0214. The third-order valence-electron chi connectivity index (χ3n) is 3.63. The second kappa shape index (κ2) is 9.22. The van der Waals surface area contributed by atoms with E-state index in [0.717, 1.165) is 23.0 Å². The molecular formula is C18H28O4S2. The Morgan fingerprint density at radius 1 is 1.04 bits per heavy atom. The van der Waals surface area contributed by atoms with E-state index in [1.165, 1.54) is 0 Å². The van der Waals surface area contributed by atoms with Crippen LogP contribution < -0.4 is 9.47 Å². The molecule has 1 aromatic carbocycles. The summed E-state index contributed by atoms with van der Waals surface area (Å²) in [5, 5.41) is 0. The summed E-state index contributed by atoms with van der Waals surface area (Å²) in [6.07, 6.45) is -0.0571. The highest BCUT2D eigenvalue weighted by atomic mass is 32.2. The van der Waals surface area contributed by atoms with Crippen LogP contribution in [0.4, 0.5) is 0 Å². The molecule has 1 fully saturated rings. The van der Waals surface area contributed by atoms with Crippen molar-refractivity contribution in [2.75, 3.05) is 25.2 Å². The molecule has 24 heavy (non-hydrogen) atoms. The largest absolute Gasteiger partial charge is 0.497 e. The first-order valence-corrected chi connectivity index (χ1v) is 10.4. The van der Waals surface area contributed by atoms with Gasteiger partial charge in [0, 0.05) is 0 Å². The molecule has 1 aliphatic rings. The molecule has 1 heterocycles. The molecule has 136 valence electrons. The summed E-state index contributed by atoms with van der Waals surface area (Å²) >= 11 is 3.83. The van der Waals surface area contributed by atoms with Crippen LogP contribution in [0.3, 0.4) is 0 Å². The number of hydrogen-bond donors (Lipinski definition) is 0. The number of ether oxygens (including phenoxy) is 4. The molecule has 0 radical (unpaired) electrons. The number of methoxy groups -OCH3 is 1. The summed E-state index contributed by atoms with van der Waals surface area (Å²) in [6.45, 7) is 8.77. The van der Waals surface area contributed by atoms with Crippen molar-refractivity contribution in [3.8, 4) is 11.5 Å². The van der Waals surface area contributed by atoms with Crippen LogP contribution in [0.1, 0.15) is 27.7 Å². The van der Waals surface area contributed by atoms with Crippen molar-refractivity contribution >= 4 is 23.5 Å². The molecule has 0 bridgehead atoms. The van der Waals surface area contributed by atoms with Crippen LogP contribution in [0.25, 0.3) is 0 Å². The quantitative estimate of drug-likeness (QED) is 0.597. The van der Waals surface area contributed by atoms with Gasteiger partial charge in [-0.2, -0.15) is 0 Å². The van der Waals surface area contributed by atoms with E-state index in [1.54, 1.807) is 7.11 Å². The van der Waals surface area contributed by atoms with Gasteiger partial charge >= 0.3 is 0 Å². The average molecular weight is 373 g/mol. The molecule has 1 aromatic rings. The van der Waals surface area contributed by atoms with Crippen molar-refractivity contribution in [2.45, 2.75) is 50.3 Å². The maximum absolute atomic E-state index is 6.19. The molecule has 2 atom stereocenters. The summed E-state index contributed by atoms with van der Waals surface area (Å²) in [5.41, 5.74) is 0. The van der Waals surface area contributed by atoms with Crippen molar-refractivity contribution in [1.82, 2.24) is 0 Å². The molecule has 6 heteroatoms. The summed E-state index contributed by atoms with van der Waals surface area (Å²) in [5.74, 6) is 3.18. The third-order valence-corrected chi connectivity index (χ3v) is 6.30. The van der Waals surface area contributed by atoms with Gasteiger partial charge in [0.05, 0.1) is 11.7 Å². The van der Waals surface area contributed by atoms with E-state index >= 15 is 0 Å². The van der Waals surface area contributed by atoms with Gasteiger partial charge in [-0.15, -0.1) is 23.5 Å². The fourth-order valence-electron chi connectivity index (χ4n) is 2.64. The average Bonchev–Trinajstić information content (AvgIpc) is 2.88. The lowest BCUT2D eigenvalue weighted by Gasteiger charge is -2.25. The number of benzene rings is 1. The van der Waals surface area contributed by atoms with Gasteiger partial charge in [0.1, 0.15) is 30.3 Å². The Morgan fingerprint density at radius 3 is 2.17 bits per heavy atom. The normalized spacial score (nSPS) is 22.8. The Labute approximate surface area is 154 Å². The van der Waals surface area contributed by atoms with Crippen molar-refractivity contribution < 1.29 is 18.9 Å². The standard InChI is InChI=1S/C18H28O4S2/c1-6-23-17(24-7-2)16-15(21-18(3,4)22-16)12-20-14-10-8-13(19-5)9-11-14/h8-11,15-17H,6-7,12H2,1-5H3/t15-,16+/m0/s1. The van der Waals surface area contributed by atoms with Gasteiger partial charge < -0.3 is 18.9 Å². The Balaban J connectivity index is 2.01. The van der Waals surface area contributed by atoms with Gasteiger partial charge in [-0.05, 0) is 49.6 Å². The number of hydrogen-bond acceptors (Lipinski definition) is 6. The van der Waals surface area contributed by atoms with Gasteiger partial charge in [-0.3, -0.25) is 0 Å². The third kappa shape index (κ3) is 5.48. The zero-order valence-electron chi connectivity index (χ0n) is 15.1. The fraction of sp³-hybridized carbons (Fsp3) is 0.667. The van der Waals surface area contributed by atoms with Crippen molar-refractivity contribution in [3.63, 3.8) is 0 Å². The highest BCUT2D eigenvalue weighted by molar-refractivity contribution is 8.17. The highest BCUT2D eigenvalue weighted by Gasteiger charge is 2.45. The van der Waals surface area contributed by atoms with Crippen LogP contribution >= 0.6 is 23.5 Å². The van der Waals surface area contributed by atoms with Crippen LogP contribution in [-0.2, 0) is 9.47 Å². The molecule has 0 unspecified atom stereocenters. The Morgan fingerprint density at radius 2 is 1.62 bits per heavy atom. The lowest BCUT2D eigenvalue weighted by molar-refractivity contribution is -0.147. The minimum Gasteiger partial charge on any atom is -0.497 e. The van der Waals surface area contributed by atoms with Crippen molar-refractivity contribution in [2.24, 2.45) is 0 Å². The molecule has 1 saturated heterocycles. The van der Waals surface area contributed by atoms with Crippen LogP contribution in [0, 0.1) is 0 Å². The first-order chi connectivity index (χ1) is 11.5. The van der Waals surface area contributed by atoms with E-state index in [4.69, 9.17) is 18.9 Å². The highest BCUT2D eigenvalue weighted by Crippen LogP contribution is 2.39. The molecule has 0 N–H and O–H groups in total. The number of rotatable bonds is 9. The van der Waals surface area contributed by atoms with Crippen LogP contribution in [0.5, 0.6) is 11.5 Å². The second-order valence-corrected chi connectivity index (χ2v) is 9.04. The molecule has 4 nitrogen and oxygen atoms in total. The predicted octanol–water partition coefficient (Wildman–Crippen LogP) is 4.43. The van der Waals surface area contributed by atoms with Gasteiger partial charge in [0.25, 0.3) is 0 Å². The lowest BCUT2D eigenvalue weighted by Crippen LogP contribution is -2.35. The minimum atomic E-state index is -0.570. The maximum atomic E-state index is 6.19.